The zero-order valence-corrected chi connectivity index (χ0v) is 65.6. The monoisotopic (exact) mass is 1380 g/mol. The topological polar surface area (TPSA) is 9.23 Å². The van der Waals surface area contributed by atoms with Gasteiger partial charge in [-0.3, -0.25) is 0 Å². The fourth-order valence-corrected chi connectivity index (χ4v) is 17.0. The van der Waals surface area contributed by atoms with Crippen LogP contribution in [0.5, 0.6) is 5.75 Å². The first-order valence-electron chi connectivity index (χ1n) is 37.6. The summed E-state index contributed by atoms with van der Waals surface area (Å²) in [4.78, 5) is 6.33. The van der Waals surface area contributed by atoms with Crippen molar-refractivity contribution >= 4 is 58.8 Å². The van der Waals surface area contributed by atoms with Crippen LogP contribution < -0.4 is 4.74 Å². The molecule has 0 aliphatic heterocycles. The Balaban J connectivity index is 1.65. The normalized spacial score (nSPS) is 12.8. The predicted octanol–water partition coefficient (Wildman–Crippen LogP) is 26.7. The predicted molar refractivity (Wildman–Crippen MR) is 434 cm³/mol. The Labute approximate surface area is 614 Å². The van der Waals surface area contributed by atoms with Crippen molar-refractivity contribution in [3.63, 3.8) is 0 Å². The molecule has 0 spiro atoms. The Morgan fingerprint density at radius 2 is 0.474 bits per heavy atom. The third kappa shape index (κ3) is 29.4. The summed E-state index contributed by atoms with van der Waals surface area (Å²) in [5.41, 5.74) is 8.01. The lowest BCUT2D eigenvalue weighted by Crippen LogP contribution is -2.12. The Bertz CT molecular complexity index is 3350. The first-order valence-corrected chi connectivity index (χ1v) is 42.5. The Morgan fingerprint density at radius 3 is 0.670 bits per heavy atom. The maximum absolute atomic E-state index is 7.30. The number of benzene rings is 6. The summed E-state index contributed by atoms with van der Waals surface area (Å²) >= 11 is 9.79. The Kier molecular flexibility index (Phi) is 39.6. The molecule has 6 heteroatoms. The number of hydrogen-bond acceptors (Lipinski definition) is 6. The van der Waals surface area contributed by atoms with E-state index >= 15 is 0 Å². The van der Waals surface area contributed by atoms with Gasteiger partial charge in [0.15, 0.2) is 5.75 Å². The molecule has 0 N–H and O–H groups in total. The quantitative estimate of drug-likeness (QED) is 0.0279. The molecule has 516 valence electrons. The molecule has 5 unspecified atom stereocenters. The van der Waals surface area contributed by atoms with Crippen LogP contribution in [0.2, 0.25) is 0 Å². The van der Waals surface area contributed by atoms with Crippen LogP contribution in [0.25, 0.3) is 0 Å². The van der Waals surface area contributed by atoms with Crippen molar-refractivity contribution in [1.82, 2.24) is 0 Å². The maximum atomic E-state index is 7.30. The summed E-state index contributed by atoms with van der Waals surface area (Å²) in [6.45, 7) is 28.1. The van der Waals surface area contributed by atoms with Gasteiger partial charge >= 0.3 is 0 Å². The van der Waals surface area contributed by atoms with Gasteiger partial charge in [0, 0.05) is 81.1 Å². The van der Waals surface area contributed by atoms with Crippen LogP contribution >= 0.6 is 58.8 Å². The number of rotatable bonds is 39. The molecule has 1 nitrogen and oxygen atoms in total. The average Bonchev–Trinajstić information content (AvgIpc) is 0.765. The molecule has 0 amide bonds. The molecule has 6 aromatic rings. The van der Waals surface area contributed by atoms with Gasteiger partial charge in [-0.2, -0.15) is 0 Å². The van der Waals surface area contributed by atoms with Crippen LogP contribution in [0.1, 0.15) is 274 Å². The van der Waals surface area contributed by atoms with E-state index in [1.165, 1.54) is 153 Å². The summed E-state index contributed by atoms with van der Waals surface area (Å²) in [6, 6.07) is 44.1. The number of unbranched alkanes of at least 4 members (excludes halogenated alkanes) is 5. The highest BCUT2D eigenvalue weighted by atomic mass is 32.2. The first-order chi connectivity index (χ1) is 47.5. The molecule has 0 heterocycles. The zero-order chi connectivity index (χ0) is 69.2. The average molecular weight is 1390 g/mol. The minimum absolute atomic E-state index is 0.250. The largest absolute Gasteiger partial charge is 0.491 e. The second kappa shape index (κ2) is 47.7. The highest BCUT2D eigenvalue weighted by Gasteiger charge is 2.24. The van der Waals surface area contributed by atoms with Crippen molar-refractivity contribution in [3.05, 3.63) is 177 Å². The van der Waals surface area contributed by atoms with Gasteiger partial charge in [-0.15, -0.1) is 58.8 Å². The number of thioether (sulfide) groups is 5. The zero-order valence-electron chi connectivity index (χ0n) is 61.6. The van der Waals surface area contributed by atoms with Gasteiger partial charge in [0.2, 0.25) is 0 Å². The van der Waals surface area contributed by atoms with Gasteiger partial charge in [-0.1, -0.05) is 245 Å². The van der Waals surface area contributed by atoms with Gasteiger partial charge in [0.25, 0.3) is 0 Å². The van der Waals surface area contributed by atoms with Crippen LogP contribution in [0.15, 0.2) is 146 Å². The van der Waals surface area contributed by atoms with E-state index in [1.807, 2.05) is 58.8 Å². The third-order valence-electron chi connectivity index (χ3n) is 18.7. The van der Waals surface area contributed by atoms with Gasteiger partial charge in [-0.25, -0.2) is 0 Å². The van der Waals surface area contributed by atoms with E-state index in [4.69, 9.17) is 4.74 Å². The van der Waals surface area contributed by atoms with Gasteiger partial charge in [0.1, 0.15) is 0 Å². The van der Waals surface area contributed by atoms with Crippen molar-refractivity contribution in [2.75, 3.05) is 35.4 Å². The van der Waals surface area contributed by atoms with Gasteiger partial charge in [0.05, 0.1) is 34.4 Å². The van der Waals surface area contributed by atoms with Crippen molar-refractivity contribution in [2.45, 2.75) is 242 Å². The highest BCUT2D eigenvalue weighted by Crippen LogP contribution is 2.36. The number of hydrogen-bond donors (Lipinski definition) is 0. The minimum atomic E-state index is 0.250. The highest BCUT2D eigenvalue weighted by molar-refractivity contribution is 8.00. The van der Waals surface area contributed by atoms with Crippen LogP contribution in [-0.4, -0.2) is 35.4 Å². The van der Waals surface area contributed by atoms with E-state index in [1.54, 1.807) is 0 Å². The third-order valence-corrected chi connectivity index (χ3v) is 25.0. The lowest BCUT2D eigenvalue weighted by molar-refractivity contribution is 0.255. The van der Waals surface area contributed by atoms with E-state index in [0.717, 1.165) is 63.0 Å². The number of ether oxygens (including phenoxy) is 1. The van der Waals surface area contributed by atoms with Crippen molar-refractivity contribution in [3.8, 4) is 65.0 Å². The summed E-state index contributed by atoms with van der Waals surface area (Å²) < 4.78 is 7.30. The van der Waals surface area contributed by atoms with E-state index in [-0.39, 0.29) is 5.92 Å². The van der Waals surface area contributed by atoms with Crippen LogP contribution in [0, 0.1) is 94.7 Å². The molecule has 0 saturated carbocycles. The molecule has 0 fully saturated rings. The van der Waals surface area contributed by atoms with Gasteiger partial charge in [-0.05, 0) is 189 Å². The maximum Gasteiger partial charge on any atom is 0.153 e. The second-order valence-corrected chi connectivity index (χ2v) is 32.0. The second-order valence-electron chi connectivity index (χ2n) is 26.5. The summed E-state index contributed by atoms with van der Waals surface area (Å²) in [5, 5.41) is 0. The fraction of sp³-hybridized carbons (Fsp3) is 0.495. The lowest BCUT2D eigenvalue weighted by atomic mass is 9.89. The molecule has 0 saturated heterocycles. The summed E-state index contributed by atoms with van der Waals surface area (Å²) in [6.07, 6.45) is 25.9. The fourth-order valence-electron chi connectivity index (χ4n) is 11.2. The van der Waals surface area contributed by atoms with Crippen LogP contribution in [-0.2, 0) is 0 Å². The van der Waals surface area contributed by atoms with E-state index in [9.17, 15) is 0 Å². The Morgan fingerprint density at radius 1 is 0.268 bits per heavy atom. The molecule has 6 atom stereocenters. The molecular formula is C91H116OS5. The molecule has 0 bridgehead atoms. The summed E-state index contributed by atoms with van der Waals surface area (Å²) in [5.74, 6) is 47.3. The van der Waals surface area contributed by atoms with Gasteiger partial charge < -0.3 is 4.74 Å². The molecule has 6 rings (SSSR count). The van der Waals surface area contributed by atoms with Crippen molar-refractivity contribution < 1.29 is 4.74 Å². The minimum Gasteiger partial charge on any atom is -0.491 e. The van der Waals surface area contributed by atoms with E-state index in [0.29, 0.717) is 69.8 Å². The smallest absolute Gasteiger partial charge is 0.153 e. The van der Waals surface area contributed by atoms with E-state index in [2.05, 4.69) is 264 Å². The molecule has 6 aromatic carbocycles. The molecule has 0 aliphatic rings. The molecule has 0 aliphatic carbocycles. The van der Waals surface area contributed by atoms with Crippen LogP contribution in [0.3, 0.4) is 0 Å². The van der Waals surface area contributed by atoms with E-state index < -0.39 is 0 Å². The molecule has 0 aromatic heterocycles. The SMILES string of the molecule is CCCCC(CC)CSc1ccc(C#Cc2c(C#Cc3ccc(SCC(CC)CCCC)cc3)c(C#Cc3ccc(SCC(CC)CCCC)cc3)c(OC[C@@H](C)CC)c(C#Cc3ccc(SCC(CC)CCCC)cc3)c2C#Cc2ccc(SCC(CC)CCCC)cc2)cc1. The van der Waals surface area contributed by atoms with Crippen LogP contribution in [0.4, 0.5) is 0 Å². The first kappa shape index (κ1) is 80.6. The van der Waals surface area contributed by atoms with Crippen molar-refractivity contribution in [2.24, 2.45) is 35.5 Å². The molecular weight excluding hydrogens is 1270 g/mol. The molecule has 97 heavy (non-hydrogen) atoms. The van der Waals surface area contributed by atoms with Crippen molar-refractivity contribution in [1.29, 1.82) is 0 Å². The lowest BCUT2D eigenvalue weighted by Gasteiger charge is -2.18. The molecule has 0 radical (unpaired) electrons. The Hall–Kier alpha value is -5.33. The standard InChI is InChI=1S/C91H116OS5/c1-13-24-29-71(19-7)65-93-81-49-34-76(35-50-81)44-59-86-87(60-45-77-36-51-82(52-37-77)94-66-72(20-8)30-25-14-2)89(62-47-79-40-55-84(56-41-79)96-68-74(22-10)32-27-16-4)91(92-64-70(12)18-6)90(63-48-80-42-57-85(58-43-80)97-69-75(23-11)33-28-17-5)88(86)61-46-78-38-53-83(54-39-78)95-67-73(21-9)31-26-15-3/h34-43,49-58,70-75H,13-33,64-69H2,1-12H3/t70-,71?,72?,73?,74?,75?/m0/s1. The summed E-state index contributed by atoms with van der Waals surface area (Å²) in [7, 11) is 0.